The number of nitrogens with one attached hydrogen (secondary N) is 1. The Labute approximate surface area is 108 Å². The van der Waals surface area contributed by atoms with E-state index in [1.807, 2.05) is 6.92 Å². The lowest BCUT2D eigenvalue weighted by Gasteiger charge is -2.12. The topological polar surface area (TPSA) is 66.5 Å². The van der Waals surface area contributed by atoms with E-state index in [9.17, 15) is 14.4 Å². The molecule has 0 aromatic carbocycles. The normalized spacial score (nSPS) is 15.3. The van der Waals surface area contributed by atoms with Gasteiger partial charge in [0.15, 0.2) is 0 Å². The van der Waals surface area contributed by atoms with Gasteiger partial charge in [-0.15, -0.1) is 0 Å². The van der Waals surface area contributed by atoms with E-state index in [0.717, 1.165) is 32.2 Å². The Hall–Kier alpha value is -1.39. The monoisotopic (exact) mass is 254 g/mol. The van der Waals surface area contributed by atoms with Gasteiger partial charge in [0.2, 0.25) is 17.7 Å². The Morgan fingerprint density at radius 2 is 1.83 bits per heavy atom. The first-order valence-corrected chi connectivity index (χ1v) is 6.75. The first-order valence-electron chi connectivity index (χ1n) is 6.75. The van der Waals surface area contributed by atoms with Crippen LogP contribution in [0.5, 0.6) is 0 Å². The second kappa shape index (κ2) is 7.84. The zero-order valence-electron chi connectivity index (χ0n) is 11.0. The Morgan fingerprint density at radius 3 is 2.44 bits per heavy atom. The van der Waals surface area contributed by atoms with E-state index < -0.39 is 0 Å². The first kappa shape index (κ1) is 14.7. The maximum atomic E-state index is 11.3. The zero-order chi connectivity index (χ0) is 13.4. The molecule has 1 rings (SSSR count). The highest BCUT2D eigenvalue weighted by Crippen LogP contribution is 2.13. The van der Waals surface area contributed by atoms with Gasteiger partial charge in [-0.3, -0.25) is 19.3 Å². The molecule has 0 aromatic rings. The van der Waals surface area contributed by atoms with E-state index in [0.29, 0.717) is 25.8 Å². The van der Waals surface area contributed by atoms with Crippen LogP contribution in [0.2, 0.25) is 0 Å². The van der Waals surface area contributed by atoms with Crippen molar-refractivity contribution in [3.8, 4) is 0 Å². The number of likely N-dealkylation sites (tertiary alicyclic amines) is 1. The van der Waals surface area contributed by atoms with Crippen LogP contribution in [-0.4, -0.2) is 35.7 Å². The van der Waals surface area contributed by atoms with E-state index in [4.69, 9.17) is 0 Å². The van der Waals surface area contributed by atoms with Crippen molar-refractivity contribution in [2.75, 3.05) is 13.1 Å². The Balaban J connectivity index is 2.03. The van der Waals surface area contributed by atoms with E-state index in [2.05, 4.69) is 5.32 Å². The highest BCUT2D eigenvalue weighted by atomic mass is 16.2. The molecule has 0 radical (unpaired) electrons. The van der Waals surface area contributed by atoms with Gasteiger partial charge >= 0.3 is 0 Å². The minimum atomic E-state index is -0.0549. The van der Waals surface area contributed by atoms with E-state index in [1.165, 1.54) is 4.90 Å². The molecule has 1 saturated heterocycles. The van der Waals surface area contributed by atoms with Gasteiger partial charge in [0.1, 0.15) is 0 Å². The summed E-state index contributed by atoms with van der Waals surface area (Å²) in [5, 5.41) is 2.82. The van der Waals surface area contributed by atoms with Crippen LogP contribution >= 0.6 is 0 Å². The van der Waals surface area contributed by atoms with Crippen molar-refractivity contribution in [3.05, 3.63) is 0 Å². The van der Waals surface area contributed by atoms with Crippen LogP contribution in [0.15, 0.2) is 0 Å². The highest BCUT2D eigenvalue weighted by Gasteiger charge is 2.27. The molecule has 1 aliphatic rings. The average molecular weight is 254 g/mol. The number of unbranched alkanes of at least 4 members (excludes halogenated alkanes) is 2. The molecule has 5 nitrogen and oxygen atoms in total. The third-order valence-corrected chi connectivity index (χ3v) is 3.01. The number of hydrogen-bond donors (Lipinski definition) is 1. The second-order valence-electron chi connectivity index (χ2n) is 4.60. The molecule has 0 saturated carbocycles. The van der Waals surface area contributed by atoms with E-state index in [1.54, 1.807) is 0 Å². The van der Waals surface area contributed by atoms with Crippen LogP contribution in [-0.2, 0) is 14.4 Å². The highest BCUT2D eigenvalue weighted by molar-refractivity contribution is 6.01. The molecule has 5 heteroatoms. The predicted octanol–water partition coefficient (Wildman–Crippen LogP) is 1.22. The Morgan fingerprint density at radius 1 is 1.17 bits per heavy atom. The predicted molar refractivity (Wildman–Crippen MR) is 67.7 cm³/mol. The molecule has 1 heterocycles. The number of hydrogen-bond acceptors (Lipinski definition) is 3. The van der Waals surface area contributed by atoms with Gasteiger partial charge in [-0.05, 0) is 19.3 Å². The molecule has 18 heavy (non-hydrogen) atoms. The largest absolute Gasteiger partial charge is 0.356 e. The molecule has 1 N–H and O–H groups in total. The molecule has 0 bridgehead atoms. The van der Waals surface area contributed by atoms with Crippen molar-refractivity contribution in [1.29, 1.82) is 0 Å². The summed E-state index contributed by atoms with van der Waals surface area (Å²) in [5.74, 6) is -0.0217. The summed E-state index contributed by atoms with van der Waals surface area (Å²) < 4.78 is 0. The lowest BCUT2D eigenvalue weighted by molar-refractivity contribution is -0.138. The minimum absolute atomic E-state index is 0.0549. The second-order valence-corrected chi connectivity index (χ2v) is 4.60. The molecular formula is C13H22N2O3. The van der Waals surface area contributed by atoms with E-state index in [-0.39, 0.29) is 17.7 Å². The molecule has 1 fully saturated rings. The summed E-state index contributed by atoms with van der Waals surface area (Å²) in [5.41, 5.74) is 0. The van der Waals surface area contributed by atoms with Crippen LogP contribution in [0.25, 0.3) is 0 Å². The number of imide groups is 1. The Bertz CT molecular complexity index is 299. The van der Waals surface area contributed by atoms with Crippen molar-refractivity contribution in [1.82, 2.24) is 10.2 Å². The summed E-state index contributed by atoms with van der Waals surface area (Å²) in [6.45, 7) is 3.26. The average Bonchev–Trinajstić information content (AvgIpc) is 2.67. The lowest BCUT2D eigenvalue weighted by atomic mass is 10.2. The first-order chi connectivity index (χ1) is 8.65. The third-order valence-electron chi connectivity index (χ3n) is 3.01. The zero-order valence-corrected chi connectivity index (χ0v) is 11.0. The molecule has 0 aliphatic carbocycles. The van der Waals surface area contributed by atoms with Crippen molar-refractivity contribution >= 4 is 17.7 Å². The van der Waals surface area contributed by atoms with Crippen LogP contribution in [0, 0.1) is 0 Å². The van der Waals surface area contributed by atoms with Gasteiger partial charge in [-0.25, -0.2) is 0 Å². The fourth-order valence-electron chi connectivity index (χ4n) is 1.96. The maximum Gasteiger partial charge on any atom is 0.229 e. The molecule has 3 amide bonds. The molecular weight excluding hydrogens is 232 g/mol. The molecule has 102 valence electrons. The summed E-state index contributed by atoms with van der Waals surface area (Å²) in [4.78, 5) is 35.3. The quantitative estimate of drug-likeness (QED) is 0.523. The summed E-state index contributed by atoms with van der Waals surface area (Å²) in [6, 6.07) is 0. The van der Waals surface area contributed by atoms with Crippen LogP contribution in [0.1, 0.15) is 51.9 Å². The van der Waals surface area contributed by atoms with Crippen LogP contribution in [0.3, 0.4) is 0 Å². The van der Waals surface area contributed by atoms with Crippen molar-refractivity contribution in [2.24, 2.45) is 0 Å². The third kappa shape index (κ3) is 4.85. The van der Waals surface area contributed by atoms with Crippen molar-refractivity contribution in [3.63, 3.8) is 0 Å². The molecule has 1 aliphatic heterocycles. The van der Waals surface area contributed by atoms with Crippen molar-refractivity contribution in [2.45, 2.75) is 51.9 Å². The van der Waals surface area contributed by atoms with Gasteiger partial charge in [0, 0.05) is 32.4 Å². The molecule has 0 spiro atoms. The number of nitrogens with zero attached hydrogens (tertiary/aromatic N) is 1. The molecule has 0 atom stereocenters. The number of rotatable bonds is 8. The summed E-state index contributed by atoms with van der Waals surface area (Å²) in [6.07, 6.45) is 4.67. The van der Waals surface area contributed by atoms with Gasteiger partial charge < -0.3 is 5.32 Å². The van der Waals surface area contributed by atoms with Crippen molar-refractivity contribution < 1.29 is 14.4 Å². The maximum absolute atomic E-state index is 11.3. The van der Waals surface area contributed by atoms with Gasteiger partial charge in [-0.2, -0.15) is 0 Å². The summed E-state index contributed by atoms with van der Waals surface area (Å²) in [7, 11) is 0. The molecule has 0 unspecified atom stereocenters. The smallest absolute Gasteiger partial charge is 0.229 e. The Kier molecular flexibility index (Phi) is 6.39. The SMILES string of the molecule is CCCNC(=O)CCCCCN1C(=O)CCC1=O. The summed E-state index contributed by atoms with van der Waals surface area (Å²) >= 11 is 0. The fraction of sp³-hybridized carbons (Fsp3) is 0.769. The lowest BCUT2D eigenvalue weighted by Crippen LogP contribution is -2.30. The standard InChI is InChI=1S/C13H22N2O3/c1-2-9-14-11(16)6-4-3-5-10-15-12(17)7-8-13(15)18/h2-10H2,1H3,(H,14,16). The van der Waals surface area contributed by atoms with E-state index >= 15 is 0 Å². The van der Waals surface area contributed by atoms with Gasteiger partial charge in [0.05, 0.1) is 0 Å². The number of carbonyl (C=O) groups is 3. The van der Waals surface area contributed by atoms with Gasteiger partial charge in [-0.1, -0.05) is 13.3 Å². The minimum Gasteiger partial charge on any atom is -0.356 e. The van der Waals surface area contributed by atoms with Crippen LogP contribution < -0.4 is 5.32 Å². The number of carbonyl (C=O) groups excluding carboxylic acids is 3. The molecule has 0 aromatic heterocycles. The van der Waals surface area contributed by atoms with Gasteiger partial charge in [0.25, 0.3) is 0 Å². The van der Waals surface area contributed by atoms with Crippen LogP contribution in [0.4, 0.5) is 0 Å². The number of amides is 3. The fourth-order valence-corrected chi connectivity index (χ4v) is 1.96.